The van der Waals surface area contributed by atoms with Crippen molar-refractivity contribution in [3.8, 4) is 61.3 Å². The largest absolute Gasteiger partial charge is 0.456 e. The minimum absolute atomic E-state index is 0.151. The van der Waals surface area contributed by atoms with Gasteiger partial charge in [0.25, 0.3) is 0 Å². The van der Waals surface area contributed by atoms with E-state index in [9.17, 15) is 0 Å². The number of ether oxygens (including phenoxy) is 1. The number of furan rings is 1. The van der Waals surface area contributed by atoms with Gasteiger partial charge in [0.1, 0.15) is 23.4 Å². The molecule has 1 aliphatic heterocycles. The van der Waals surface area contributed by atoms with E-state index in [1.165, 1.54) is 132 Å². The van der Waals surface area contributed by atoms with Crippen LogP contribution in [0.25, 0.3) is 127 Å². The maximum atomic E-state index is 6.30. The number of fused-ring (bicyclic) bond motifs is 22. The highest BCUT2D eigenvalue weighted by Gasteiger charge is 2.47. The molecule has 344 valence electrons. The second kappa shape index (κ2) is 13.7. The van der Waals surface area contributed by atoms with Gasteiger partial charge in [-0.25, -0.2) is 0 Å². The van der Waals surface area contributed by atoms with Crippen LogP contribution in [-0.2, 0) is 15.6 Å². The van der Waals surface area contributed by atoms with Crippen LogP contribution in [0.1, 0.15) is 73.3 Å². The molecule has 13 aromatic rings. The lowest BCUT2D eigenvalue weighted by molar-refractivity contribution is 0.380. The van der Waals surface area contributed by atoms with Crippen molar-refractivity contribution < 1.29 is 9.15 Å². The second-order valence-corrected chi connectivity index (χ2v) is 22.2. The smallest absolute Gasteiger partial charge is 0.135 e. The Bertz CT molecular complexity index is 4660. The standard InChI is InChI=1S/C70H47NO2/c1-69(2)57-34-52-53-35-58-56(66-46-23-12-9-19-42(46)50(33-60(66)70(58,3)4)39-27-29-64-54(31-39)44-21-14-15-25-63(44)72-64)37-62(53)71(40-16-6-5-7-17-40)61(52)36-55(57)65-45-22-11-8-18-41(45)49(32-59(65)69)38-26-28-48-51(30-38)43-20-10-13-24-47(43)67-68(48)73-67/h5-37,67-68H,1-4H3. The summed E-state index contributed by atoms with van der Waals surface area (Å²) in [4.78, 5) is 0. The van der Waals surface area contributed by atoms with Crippen molar-refractivity contribution in [2.24, 2.45) is 0 Å². The normalized spacial score (nSPS) is 17.2. The zero-order valence-corrected chi connectivity index (χ0v) is 41.0. The summed E-state index contributed by atoms with van der Waals surface area (Å²) in [5.41, 5.74) is 25.9. The van der Waals surface area contributed by atoms with Gasteiger partial charge >= 0.3 is 0 Å². The molecule has 0 bridgehead atoms. The van der Waals surface area contributed by atoms with E-state index in [4.69, 9.17) is 9.15 Å². The van der Waals surface area contributed by atoms with Gasteiger partial charge in [-0.1, -0.05) is 155 Å². The van der Waals surface area contributed by atoms with Gasteiger partial charge in [0.05, 0.1) is 11.0 Å². The van der Waals surface area contributed by atoms with Crippen molar-refractivity contribution >= 4 is 65.3 Å². The molecular weight excluding hydrogens is 887 g/mol. The Labute approximate surface area is 422 Å². The summed E-state index contributed by atoms with van der Waals surface area (Å²) >= 11 is 0. The fourth-order valence-electron chi connectivity index (χ4n) is 14.2. The summed E-state index contributed by atoms with van der Waals surface area (Å²) in [6, 6.07) is 75.4. The average molecular weight is 934 g/mol. The number of benzene rings is 11. The molecule has 3 aliphatic carbocycles. The molecule has 11 aromatic carbocycles. The fourth-order valence-corrected chi connectivity index (χ4v) is 14.2. The van der Waals surface area contributed by atoms with Crippen LogP contribution in [0.5, 0.6) is 0 Å². The summed E-state index contributed by atoms with van der Waals surface area (Å²) in [6.45, 7) is 9.75. The maximum absolute atomic E-state index is 6.30. The number of aromatic nitrogens is 1. The second-order valence-electron chi connectivity index (χ2n) is 22.2. The lowest BCUT2D eigenvalue weighted by Gasteiger charge is -2.24. The monoisotopic (exact) mass is 933 g/mol. The highest BCUT2D eigenvalue weighted by molar-refractivity contribution is 6.18. The first-order valence-electron chi connectivity index (χ1n) is 25.9. The zero-order chi connectivity index (χ0) is 48.2. The highest BCUT2D eigenvalue weighted by Crippen LogP contribution is 2.61. The van der Waals surface area contributed by atoms with Crippen LogP contribution in [0.3, 0.4) is 0 Å². The van der Waals surface area contributed by atoms with Crippen molar-refractivity contribution in [2.45, 2.75) is 50.7 Å². The number of hydrogen-bond donors (Lipinski definition) is 0. The Hall–Kier alpha value is -8.50. The third-order valence-electron chi connectivity index (χ3n) is 17.8. The van der Waals surface area contributed by atoms with Gasteiger partial charge in [0.15, 0.2) is 0 Å². The predicted molar refractivity (Wildman–Crippen MR) is 301 cm³/mol. The molecular formula is C70H47NO2. The Kier molecular flexibility index (Phi) is 7.54. The van der Waals surface area contributed by atoms with Gasteiger partial charge in [-0.15, -0.1) is 0 Å². The third-order valence-corrected chi connectivity index (χ3v) is 17.8. The minimum atomic E-state index is -0.265. The number of epoxide rings is 1. The molecule has 3 nitrogen and oxygen atoms in total. The first kappa shape index (κ1) is 40.1. The molecule has 3 heteroatoms. The maximum Gasteiger partial charge on any atom is 0.135 e. The molecule has 2 unspecified atom stereocenters. The number of hydrogen-bond acceptors (Lipinski definition) is 2. The molecule has 17 rings (SSSR count). The molecule has 2 atom stereocenters. The Morgan fingerprint density at radius 3 is 1.49 bits per heavy atom. The highest BCUT2D eigenvalue weighted by atomic mass is 16.6. The van der Waals surface area contributed by atoms with E-state index < -0.39 is 0 Å². The molecule has 0 spiro atoms. The number of para-hydroxylation sites is 2. The quantitative estimate of drug-likeness (QED) is 0.165. The fraction of sp³-hybridized carbons (Fsp3) is 0.114. The molecule has 0 radical (unpaired) electrons. The molecule has 4 aliphatic rings. The summed E-state index contributed by atoms with van der Waals surface area (Å²) in [7, 11) is 0. The summed E-state index contributed by atoms with van der Waals surface area (Å²) in [5.74, 6) is 0. The molecule has 0 amide bonds. The van der Waals surface area contributed by atoms with Crippen molar-refractivity contribution in [3.63, 3.8) is 0 Å². The van der Waals surface area contributed by atoms with Crippen LogP contribution in [0.4, 0.5) is 0 Å². The van der Waals surface area contributed by atoms with Crippen molar-refractivity contribution in [1.82, 2.24) is 4.57 Å². The first-order valence-corrected chi connectivity index (χ1v) is 25.9. The van der Waals surface area contributed by atoms with Gasteiger partial charge in [-0.05, 0) is 183 Å². The zero-order valence-electron chi connectivity index (χ0n) is 41.0. The Balaban J connectivity index is 0.880. The molecule has 1 saturated heterocycles. The number of nitrogens with zero attached hydrogens (tertiary/aromatic N) is 1. The van der Waals surface area contributed by atoms with Crippen LogP contribution >= 0.6 is 0 Å². The summed E-state index contributed by atoms with van der Waals surface area (Å²) < 4.78 is 15.1. The molecule has 1 fully saturated rings. The topological polar surface area (TPSA) is 30.6 Å². The van der Waals surface area contributed by atoms with Gasteiger partial charge in [0, 0.05) is 38.1 Å². The average Bonchev–Trinajstić information content (AvgIpc) is 3.92. The van der Waals surface area contributed by atoms with Crippen molar-refractivity contribution in [1.29, 1.82) is 0 Å². The first-order chi connectivity index (χ1) is 35.7. The number of rotatable bonds is 3. The van der Waals surface area contributed by atoms with Crippen LogP contribution in [-0.4, -0.2) is 4.57 Å². The predicted octanol–water partition coefficient (Wildman–Crippen LogP) is 18.7. The SMILES string of the molecule is CC1(C)c2cc3c4cc5c(cc4n(-c4ccccc4)c3cc2-c2c1cc(-c1ccc3c(c1)-c1ccccc1C1OC31)c1ccccc21)-c1c(cc(-c2ccc3oc4ccccc4c3c2)c2ccccc12)C5(C)C. The van der Waals surface area contributed by atoms with E-state index in [0.717, 1.165) is 27.6 Å². The summed E-state index contributed by atoms with van der Waals surface area (Å²) in [6.07, 6.45) is 0.327. The molecule has 3 heterocycles. The van der Waals surface area contributed by atoms with E-state index in [1.54, 1.807) is 0 Å². The summed E-state index contributed by atoms with van der Waals surface area (Å²) in [5, 5.41) is 10.0. The van der Waals surface area contributed by atoms with Crippen LogP contribution in [0.15, 0.2) is 205 Å². The van der Waals surface area contributed by atoms with Crippen LogP contribution in [0, 0.1) is 0 Å². The third kappa shape index (κ3) is 5.17. The van der Waals surface area contributed by atoms with Gasteiger partial charge < -0.3 is 13.7 Å². The lowest BCUT2D eigenvalue weighted by atomic mass is 9.79. The van der Waals surface area contributed by atoms with Crippen LogP contribution < -0.4 is 0 Å². The molecule has 0 saturated carbocycles. The van der Waals surface area contributed by atoms with Crippen molar-refractivity contribution in [2.75, 3.05) is 0 Å². The molecule has 0 N–H and O–H groups in total. The van der Waals surface area contributed by atoms with E-state index in [1.807, 2.05) is 6.07 Å². The Morgan fingerprint density at radius 2 is 0.849 bits per heavy atom. The van der Waals surface area contributed by atoms with E-state index in [-0.39, 0.29) is 23.0 Å². The molecule has 73 heavy (non-hydrogen) atoms. The van der Waals surface area contributed by atoms with E-state index in [2.05, 4.69) is 226 Å². The molecule has 2 aromatic heterocycles. The van der Waals surface area contributed by atoms with E-state index in [0.29, 0.717) is 0 Å². The minimum Gasteiger partial charge on any atom is -0.456 e. The van der Waals surface area contributed by atoms with Crippen LogP contribution in [0.2, 0.25) is 0 Å². The van der Waals surface area contributed by atoms with Crippen molar-refractivity contribution in [3.05, 3.63) is 234 Å². The van der Waals surface area contributed by atoms with E-state index >= 15 is 0 Å². The van der Waals surface area contributed by atoms with Gasteiger partial charge in [-0.3, -0.25) is 0 Å². The lowest BCUT2D eigenvalue weighted by Crippen LogP contribution is -2.15. The van der Waals surface area contributed by atoms with Gasteiger partial charge in [0.2, 0.25) is 0 Å². The Morgan fingerprint density at radius 1 is 0.342 bits per heavy atom. The van der Waals surface area contributed by atoms with Gasteiger partial charge in [-0.2, -0.15) is 0 Å².